The van der Waals surface area contributed by atoms with Crippen molar-refractivity contribution in [1.29, 1.82) is 0 Å². The van der Waals surface area contributed by atoms with Crippen LogP contribution in [0.5, 0.6) is 0 Å². The summed E-state index contributed by atoms with van der Waals surface area (Å²) in [6.45, 7) is 0. The van der Waals surface area contributed by atoms with E-state index in [1.807, 2.05) is 25.2 Å². The van der Waals surface area contributed by atoms with Crippen LogP contribution in [0.25, 0.3) is 11.0 Å². The van der Waals surface area contributed by atoms with Crippen LogP contribution in [0, 0.1) is 0 Å². The molecule has 2 radical (unpaired) electrons. The lowest BCUT2D eigenvalue weighted by Gasteiger charge is -2.18. The van der Waals surface area contributed by atoms with Crippen LogP contribution in [-0.2, 0) is 0 Å². The van der Waals surface area contributed by atoms with Crippen molar-refractivity contribution >= 4 is 24.6 Å². The van der Waals surface area contributed by atoms with Crippen molar-refractivity contribution in [2.75, 3.05) is 12.4 Å². The maximum atomic E-state index is 6.56. The van der Waals surface area contributed by atoms with Crippen molar-refractivity contribution < 1.29 is 0 Å². The van der Waals surface area contributed by atoms with Crippen LogP contribution in [0.2, 0.25) is 0 Å². The van der Waals surface area contributed by atoms with E-state index in [1.54, 1.807) is 0 Å². The first-order valence-electron chi connectivity index (χ1n) is 8.00. The van der Waals surface area contributed by atoms with Crippen LogP contribution in [0.3, 0.4) is 0 Å². The maximum absolute atomic E-state index is 6.56. The van der Waals surface area contributed by atoms with E-state index in [0.717, 1.165) is 40.7 Å². The number of hydrogen-bond donors (Lipinski definition) is 1. The van der Waals surface area contributed by atoms with Crippen molar-refractivity contribution in [3.8, 4) is 0 Å². The lowest BCUT2D eigenvalue weighted by molar-refractivity contribution is 1.03. The van der Waals surface area contributed by atoms with E-state index >= 15 is 0 Å². The minimum Gasteiger partial charge on any atom is -0.388 e. The van der Waals surface area contributed by atoms with Crippen LogP contribution in [-0.4, -0.2) is 14.9 Å². The highest BCUT2D eigenvalue weighted by molar-refractivity contribution is 6.47. The Bertz CT molecular complexity index is 752. The second kappa shape index (κ2) is 7.19. The van der Waals surface area contributed by atoms with E-state index in [-0.39, 0.29) is 0 Å². The maximum Gasteiger partial charge on any atom is 0.115 e. The van der Waals surface area contributed by atoms with E-state index in [0.29, 0.717) is 0 Å². The van der Waals surface area contributed by atoms with Gasteiger partial charge in [-0.3, -0.25) is 0 Å². The lowest BCUT2D eigenvalue weighted by atomic mass is 9.78. The molecule has 0 fully saturated rings. The summed E-state index contributed by atoms with van der Waals surface area (Å²) in [5.41, 5.74) is 6.42. The van der Waals surface area contributed by atoms with Gasteiger partial charge in [0.15, 0.2) is 0 Å². The Morgan fingerprint density at radius 3 is 2.26 bits per heavy atom. The Labute approximate surface area is 139 Å². The molecule has 0 aromatic heterocycles. The SMILES string of the molecule is [B]/C(=C(\C1=CCCC=C1)c1ccc(NC)cc1)c1ccccc1. The Morgan fingerprint density at radius 2 is 1.65 bits per heavy atom. The third-order valence-electron chi connectivity index (χ3n) is 4.10. The number of hydrogen-bond acceptors (Lipinski definition) is 1. The first-order chi connectivity index (χ1) is 11.3. The monoisotopic (exact) mass is 297 g/mol. The first-order valence-corrected chi connectivity index (χ1v) is 8.00. The predicted molar refractivity (Wildman–Crippen MR) is 101 cm³/mol. The van der Waals surface area contributed by atoms with Gasteiger partial charge in [0.05, 0.1) is 0 Å². The van der Waals surface area contributed by atoms with Gasteiger partial charge in [-0.2, -0.15) is 0 Å². The summed E-state index contributed by atoms with van der Waals surface area (Å²) in [7, 11) is 8.49. The van der Waals surface area contributed by atoms with Gasteiger partial charge in [-0.05, 0) is 47.2 Å². The molecule has 2 aromatic rings. The summed E-state index contributed by atoms with van der Waals surface area (Å²) in [6, 6.07) is 18.6. The number of allylic oxidation sites excluding steroid dienone is 5. The van der Waals surface area contributed by atoms with E-state index in [1.165, 1.54) is 5.57 Å². The topological polar surface area (TPSA) is 12.0 Å². The van der Waals surface area contributed by atoms with E-state index < -0.39 is 0 Å². The molecule has 0 amide bonds. The van der Waals surface area contributed by atoms with E-state index in [4.69, 9.17) is 7.85 Å². The number of rotatable bonds is 4. The second-order valence-electron chi connectivity index (χ2n) is 5.62. The zero-order chi connectivity index (χ0) is 16.1. The van der Waals surface area contributed by atoms with Gasteiger partial charge in [0.2, 0.25) is 0 Å². The van der Waals surface area contributed by atoms with Crippen LogP contribution in [0.15, 0.2) is 78.4 Å². The molecule has 3 rings (SSSR count). The molecule has 0 aliphatic heterocycles. The Hall–Kier alpha value is -2.48. The molecule has 0 atom stereocenters. The van der Waals surface area contributed by atoms with Crippen LogP contribution in [0.4, 0.5) is 5.69 Å². The molecular weight excluding hydrogens is 277 g/mol. The predicted octanol–water partition coefficient (Wildman–Crippen LogP) is 5.04. The van der Waals surface area contributed by atoms with Crippen molar-refractivity contribution in [3.05, 3.63) is 89.5 Å². The van der Waals surface area contributed by atoms with Gasteiger partial charge in [0, 0.05) is 12.7 Å². The molecule has 0 bridgehead atoms. The normalized spacial score (nSPS) is 14.9. The van der Waals surface area contributed by atoms with Gasteiger partial charge < -0.3 is 5.32 Å². The third kappa shape index (κ3) is 3.48. The van der Waals surface area contributed by atoms with Crippen LogP contribution in [0.1, 0.15) is 24.0 Å². The van der Waals surface area contributed by atoms with E-state index in [9.17, 15) is 0 Å². The molecular formula is C21H20BN. The smallest absolute Gasteiger partial charge is 0.115 e. The molecule has 0 spiro atoms. The minimum atomic E-state index is 0.820. The summed E-state index contributed by atoms with van der Waals surface area (Å²) < 4.78 is 0. The molecule has 0 heterocycles. The summed E-state index contributed by atoms with van der Waals surface area (Å²) in [4.78, 5) is 0. The fourth-order valence-electron chi connectivity index (χ4n) is 2.84. The lowest BCUT2D eigenvalue weighted by Crippen LogP contribution is -1.98. The molecule has 1 nitrogen and oxygen atoms in total. The standard InChI is InChI=1S/C21H20BN/c1-23-19-14-12-17(13-15-19)20(16-8-4-2-5-9-16)21(22)18-10-6-3-7-11-18/h3-4,6-15,23H,2,5H2,1H3/b21-20+. The van der Waals surface area contributed by atoms with Crippen molar-refractivity contribution in [2.45, 2.75) is 12.8 Å². The fraction of sp³-hybridized carbons (Fsp3) is 0.143. The first kappa shape index (κ1) is 15.4. The van der Waals surface area contributed by atoms with Gasteiger partial charge in [-0.1, -0.05) is 66.2 Å². The summed E-state index contributed by atoms with van der Waals surface area (Å²) in [5.74, 6) is 0. The van der Waals surface area contributed by atoms with Crippen molar-refractivity contribution in [1.82, 2.24) is 0 Å². The highest BCUT2D eigenvalue weighted by Crippen LogP contribution is 2.33. The number of nitrogens with one attached hydrogen (secondary N) is 1. The number of anilines is 1. The van der Waals surface area contributed by atoms with Gasteiger partial charge in [0.25, 0.3) is 0 Å². The summed E-state index contributed by atoms with van der Waals surface area (Å²) in [5, 5.41) is 3.16. The van der Waals surface area contributed by atoms with Gasteiger partial charge in [-0.25, -0.2) is 0 Å². The van der Waals surface area contributed by atoms with Crippen LogP contribution >= 0.6 is 0 Å². The van der Waals surface area contributed by atoms with Gasteiger partial charge in [0.1, 0.15) is 7.85 Å². The average molecular weight is 297 g/mol. The molecule has 112 valence electrons. The molecule has 23 heavy (non-hydrogen) atoms. The second-order valence-corrected chi connectivity index (χ2v) is 5.62. The van der Waals surface area contributed by atoms with Gasteiger partial charge in [-0.15, -0.1) is 0 Å². The molecule has 1 aliphatic rings. The molecule has 2 aromatic carbocycles. The molecule has 1 N–H and O–H groups in total. The molecule has 0 unspecified atom stereocenters. The zero-order valence-corrected chi connectivity index (χ0v) is 13.4. The largest absolute Gasteiger partial charge is 0.388 e. The van der Waals surface area contributed by atoms with Crippen molar-refractivity contribution in [3.63, 3.8) is 0 Å². The molecule has 0 saturated heterocycles. The molecule has 1 aliphatic carbocycles. The fourth-order valence-corrected chi connectivity index (χ4v) is 2.84. The highest BCUT2D eigenvalue weighted by Gasteiger charge is 2.12. The minimum absolute atomic E-state index is 0.820. The zero-order valence-electron chi connectivity index (χ0n) is 13.4. The Balaban J connectivity index is 2.13. The number of benzene rings is 2. The molecule has 0 saturated carbocycles. The van der Waals surface area contributed by atoms with Crippen molar-refractivity contribution in [2.24, 2.45) is 0 Å². The van der Waals surface area contributed by atoms with Gasteiger partial charge >= 0.3 is 0 Å². The Kier molecular flexibility index (Phi) is 4.82. The third-order valence-corrected chi connectivity index (χ3v) is 4.10. The quantitative estimate of drug-likeness (QED) is 0.615. The van der Waals surface area contributed by atoms with E-state index in [2.05, 4.69) is 59.9 Å². The Morgan fingerprint density at radius 1 is 0.913 bits per heavy atom. The summed E-state index contributed by atoms with van der Waals surface area (Å²) >= 11 is 0. The average Bonchev–Trinajstić information content (AvgIpc) is 2.64. The summed E-state index contributed by atoms with van der Waals surface area (Å²) in [6.07, 6.45) is 8.83. The molecule has 2 heteroatoms. The van der Waals surface area contributed by atoms with Crippen LogP contribution < -0.4 is 5.32 Å². The highest BCUT2D eigenvalue weighted by atomic mass is 14.8.